The highest BCUT2D eigenvalue weighted by Gasteiger charge is 2.15. The lowest BCUT2D eigenvalue weighted by atomic mass is 10.0. The maximum atomic E-state index is 5.38. The second-order valence-electron chi connectivity index (χ2n) is 4.70. The van der Waals surface area contributed by atoms with Gasteiger partial charge in [0, 0.05) is 18.8 Å². The molecule has 0 bridgehead atoms. The summed E-state index contributed by atoms with van der Waals surface area (Å²) in [7, 11) is 3.87. The highest BCUT2D eigenvalue weighted by molar-refractivity contribution is 5.64. The lowest BCUT2D eigenvalue weighted by Crippen LogP contribution is -2.27. The van der Waals surface area contributed by atoms with Gasteiger partial charge in [0.2, 0.25) is 0 Å². The zero-order valence-electron chi connectivity index (χ0n) is 11.5. The average molecular weight is 221 g/mol. The van der Waals surface area contributed by atoms with Gasteiger partial charge in [-0.15, -0.1) is 0 Å². The first kappa shape index (κ1) is 12.9. The second-order valence-corrected chi connectivity index (χ2v) is 4.70. The molecule has 90 valence electrons. The van der Waals surface area contributed by atoms with Gasteiger partial charge in [-0.1, -0.05) is 0 Å². The van der Waals surface area contributed by atoms with Crippen molar-refractivity contribution in [2.24, 2.45) is 0 Å². The molecule has 0 unspecified atom stereocenters. The van der Waals surface area contributed by atoms with Crippen LogP contribution >= 0.6 is 0 Å². The average Bonchev–Trinajstić information content (AvgIpc) is 2.23. The molecule has 2 heteroatoms. The van der Waals surface area contributed by atoms with Crippen molar-refractivity contribution in [2.75, 3.05) is 19.1 Å². The topological polar surface area (TPSA) is 12.5 Å². The van der Waals surface area contributed by atoms with Gasteiger partial charge in [0.15, 0.2) is 0 Å². The van der Waals surface area contributed by atoms with Crippen molar-refractivity contribution >= 4 is 5.69 Å². The molecule has 0 spiro atoms. The third-order valence-electron chi connectivity index (χ3n) is 3.36. The third-order valence-corrected chi connectivity index (χ3v) is 3.36. The number of benzene rings is 1. The van der Waals surface area contributed by atoms with Crippen LogP contribution in [0.1, 0.15) is 30.5 Å². The zero-order valence-corrected chi connectivity index (χ0v) is 11.5. The molecule has 0 radical (unpaired) electrons. The summed E-state index contributed by atoms with van der Waals surface area (Å²) in [6.07, 6.45) is 0. The molecule has 0 saturated heterocycles. The first-order valence-corrected chi connectivity index (χ1v) is 5.77. The summed E-state index contributed by atoms with van der Waals surface area (Å²) in [6.45, 7) is 10.8. The number of ether oxygens (including phenoxy) is 1. The van der Waals surface area contributed by atoms with Gasteiger partial charge < -0.3 is 9.64 Å². The Hall–Kier alpha value is -1.18. The van der Waals surface area contributed by atoms with Crippen LogP contribution in [0.15, 0.2) is 6.07 Å². The number of nitrogens with zero attached hydrogens (tertiary/aromatic N) is 1. The Bertz CT molecular complexity index is 383. The first-order chi connectivity index (χ1) is 7.40. The highest BCUT2D eigenvalue weighted by atomic mass is 16.5. The van der Waals surface area contributed by atoms with Crippen LogP contribution in [0.2, 0.25) is 0 Å². The molecule has 0 N–H and O–H groups in total. The second kappa shape index (κ2) is 4.77. The van der Waals surface area contributed by atoms with Crippen molar-refractivity contribution < 1.29 is 4.74 Å². The predicted octanol–water partition coefficient (Wildman–Crippen LogP) is 3.47. The normalized spacial score (nSPS) is 10.8. The predicted molar refractivity (Wildman–Crippen MR) is 70.7 cm³/mol. The van der Waals surface area contributed by atoms with Crippen LogP contribution in [-0.4, -0.2) is 20.2 Å². The Morgan fingerprint density at radius 3 is 2.12 bits per heavy atom. The van der Waals surface area contributed by atoms with Gasteiger partial charge in [0.05, 0.1) is 7.11 Å². The molecule has 0 aliphatic rings. The fourth-order valence-corrected chi connectivity index (χ4v) is 2.04. The van der Waals surface area contributed by atoms with E-state index in [0.717, 1.165) is 5.75 Å². The molecule has 0 fully saturated rings. The van der Waals surface area contributed by atoms with E-state index in [0.29, 0.717) is 6.04 Å². The molecule has 0 aliphatic carbocycles. The number of rotatable bonds is 3. The fourth-order valence-electron chi connectivity index (χ4n) is 2.04. The van der Waals surface area contributed by atoms with Crippen molar-refractivity contribution in [1.29, 1.82) is 0 Å². The molecule has 0 saturated carbocycles. The molecule has 0 aliphatic heterocycles. The quantitative estimate of drug-likeness (QED) is 0.775. The largest absolute Gasteiger partial charge is 0.496 e. The minimum absolute atomic E-state index is 0.505. The first-order valence-electron chi connectivity index (χ1n) is 5.77. The maximum Gasteiger partial charge on any atom is 0.122 e. The molecule has 1 aromatic rings. The van der Waals surface area contributed by atoms with Crippen molar-refractivity contribution in [3.8, 4) is 5.75 Å². The lowest BCUT2D eigenvalue weighted by Gasteiger charge is -2.29. The van der Waals surface area contributed by atoms with Gasteiger partial charge in [-0.25, -0.2) is 0 Å². The van der Waals surface area contributed by atoms with E-state index in [2.05, 4.69) is 52.6 Å². The Labute approximate surface area is 99.2 Å². The Kier molecular flexibility index (Phi) is 3.84. The smallest absolute Gasteiger partial charge is 0.122 e. The number of methoxy groups -OCH3 is 1. The highest BCUT2D eigenvalue weighted by Crippen LogP contribution is 2.33. The minimum Gasteiger partial charge on any atom is -0.496 e. The van der Waals surface area contributed by atoms with E-state index in [4.69, 9.17) is 4.74 Å². The van der Waals surface area contributed by atoms with E-state index >= 15 is 0 Å². The SMILES string of the molecule is COc1cc(C)c(N(C)C(C)C)c(C)c1C. The Balaban J connectivity index is 3.36. The van der Waals surface area contributed by atoms with Crippen molar-refractivity contribution in [3.63, 3.8) is 0 Å². The minimum atomic E-state index is 0.505. The molecule has 0 heterocycles. The third kappa shape index (κ3) is 2.16. The van der Waals surface area contributed by atoms with Gasteiger partial charge in [0.25, 0.3) is 0 Å². The summed E-state index contributed by atoms with van der Waals surface area (Å²) in [5.41, 5.74) is 5.15. The fraction of sp³-hybridized carbons (Fsp3) is 0.571. The van der Waals surface area contributed by atoms with Crippen LogP contribution in [0, 0.1) is 20.8 Å². The molecule has 2 nitrogen and oxygen atoms in total. The molecule has 16 heavy (non-hydrogen) atoms. The van der Waals surface area contributed by atoms with E-state index in [1.165, 1.54) is 22.4 Å². The lowest BCUT2D eigenvalue weighted by molar-refractivity contribution is 0.411. The van der Waals surface area contributed by atoms with Crippen LogP contribution in [0.4, 0.5) is 5.69 Å². The zero-order chi connectivity index (χ0) is 12.5. The summed E-state index contributed by atoms with van der Waals surface area (Å²) >= 11 is 0. The number of hydrogen-bond donors (Lipinski definition) is 0. The van der Waals surface area contributed by atoms with Crippen LogP contribution in [-0.2, 0) is 0 Å². The van der Waals surface area contributed by atoms with E-state index in [-0.39, 0.29) is 0 Å². The van der Waals surface area contributed by atoms with Crippen molar-refractivity contribution in [3.05, 3.63) is 22.8 Å². The maximum absolute atomic E-state index is 5.38. The number of hydrogen-bond acceptors (Lipinski definition) is 2. The Morgan fingerprint density at radius 2 is 1.69 bits per heavy atom. The van der Waals surface area contributed by atoms with E-state index in [9.17, 15) is 0 Å². The van der Waals surface area contributed by atoms with Crippen LogP contribution < -0.4 is 9.64 Å². The van der Waals surface area contributed by atoms with Crippen LogP contribution in [0.25, 0.3) is 0 Å². The molecule has 0 aromatic heterocycles. The molecular weight excluding hydrogens is 198 g/mol. The van der Waals surface area contributed by atoms with E-state index < -0.39 is 0 Å². The number of anilines is 1. The van der Waals surface area contributed by atoms with E-state index in [1.807, 2.05) is 0 Å². The van der Waals surface area contributed by atoms with Gasteiger partial charge in [-0.2, -0.15) is 0 Å². The summed E-state index contributed by atoms with van der Waals surface area (Å²) in [5.74, 6) is 0.982. The number of aryl methyl sites for hydroxylation is 1. The summed E-state index contributed by atoms with van der Waals surface area (Å²) in [4.78, 5) is 2.32. The van der Waals surface area contributed by atoms with Crippen molar-refractivity contribution in [2.45, 2.75) is 40.7 Å². The molecule has 0 amide bonds. The monoisotopic (exact) mass is 221 g/mol. The summed E-state index contributed by atoms with van der Waals surface area (Å²) in [6, 6.07) is 2.63. The van der Waals surface area contributed by atoms with Gasteiger partial charge >= 0.3 is 0 Å². The molecule has 1 rings (SSSR count). The standard InChI is InChI=1S/C14H23NO/c1-9(2)15(6)14-10(3)8-13(16-7)11(4)12(14)5/h8-9H,1-7H3. The summed E-state index contributed by atoms with van der Waals surface area (Å²) in [5, 5.41) is 0. The van der Waals surface area contributed by atoms with E-state index in [1.54, 1.807) is 7.11 Å². The molecule has 0 atom stereocenters. The molecular formula is C14H23NO. The van der Waals surface area contributed by atoms with Crippen LogP contribution in [0.5, 0.6) is 5.75 Å². The molecule has 1 aromatic carbocycles. The summed E-state index contributed by atoms with van der Waals surface area (Å²) < 4.78 is 5.38. The van der Waals surface area contributed by atoms with Crippen molar-refractivity contribution in [1.82, 2.24) is 0 Å². The Morgan fingerprint density at radius 1 is 1.12 bits per heavy atom. The van der Waals surface area contributed by atoms with Gasteiger partial charge in [-0.05, 0) is 57.4 Å². The van der Waals surface area contributed by atoms with Crippen LogP contribution in [0.3, 0.4) is 0 Å². The van der Waals surface area contributed by atoms with Gasteiger partial charge in [-0.3, -0.25) is 0 Å². The van der Waals surface area contributed by atoms with Gasteiger partial charge in [0.1, 0.15) is 5.75 Å².